The molecular weight excluding hydrogens is 354 g/mol. The highest BCUT2D eigenvalue weighted by atomic mass is 16.5. The van der Waals surface area contributed by atoms with E-state index in [1.807, 2.05) is 38.1 Å². The summed E-state index contributed by atoms with van der Waals surface area (Å²) < 4.78 is 10.6. The van der Waals surface area contributed by atoms with Crippen molar-refractivity contribution in [2.45, 2.75) is 32.4 Å². The Morgan fingerprint density at radius 2 is 1.67 bits per heavy atom. The lowest BCUT2D eigenvalue weighted by Crippen LogP contribution is -2.35. The Morgan fingerprint density at radius 3 is 2.11 bits per heavy atom. The molecule has 0 bridgehead atoms. The number of hydrogen-bond donors (Lipinski definition) is 4. The standard InChI is InChI=1S/C15H25NO3.C4H4O4/c1-12(2)16-10-14(17)11-19-15-6-4-13(5-7-15)8-9-18-3;5-3(6)1-2-4(7)8/h4-7,12,14,16-17H,8-11H2,1-3H3;1-2H,(H,5,6)(H,7,8)/b;2-1+. The SMILES string of the molecule is COCCc1ccc(OCC(O)CNC(C)C)cc1.O=C(O)/C=C/C(=O)O. The number of aliphatic hydroxyl groups excluding tert-OH is 1. The second kappa shape index (κ2) is 14.7. The van der Waals surface area contributed by atoms with E-state index in [2.05, 4.69) is 5.32 Å². The number of rotatable bonds is 11. The van der Waals surface area contributed by atoms with Crippen molar-refractivity contribution in [3.05, 3.63) is 42.0 Å². The van der Waals surface area contributed by atoms with Crippen molar-refractivity contribution < 1.29 is 34.4 Å². The lowest BCUT2D eigenvalue weighted by molar-refractivity contribution is -0.134. The van der Waals surface area contributed by atoms with Gasteiger partial charge in [0.15, 0.2) is 0 Å². The van der Waals surface area contributed by atoms with Crippen LogP contribution in [-0.2, 0) is 20.7 Å². The van der Waals surface area contributed by atoms with E-state index in [1.54, 1.807) is 7.11 Å². The summed E-state index contributed by atoms with van der Waals surface area (Å²) in [6, 6.07) is 8.26. The van der Waals surface area contributed by atoms with Crippen molar-refractivity contribution >= 4 is 11.9 Å². The maximum absolute atomic E-state index is 9.73. The molecule has 1 rings (SSSR count). The molecule has 0 spiro atoms. The Labute approximate surface area is 159 Å². The van der Waals surface area contributed by atoms with E-state index in [-0.39, 0.29) is 0 Å². The van der Waals surface area contributed by atoms with E-state index in [1.165, 1.54) is 5.56 Å². The molecule has 0 amide bonds. The van der Waals surface area contributed by atoms with Gasteiger partial charge in [-0.15, -0.1) is 0 Å². The van der Waals surface area contributed by atoms with Gasteiger partial charge in [0, 0.05) is 31.8 Å². The van der Waals surface area contributed by atoms with E-state index in [0.29, 0.717) is 31.3 Å². The number of methoxy groups -OCH3 is 1. The number of ether oxygens (including phenoxy) is 2. The van der Waals surface area contributed by atoms with E-state index in [4.69, 9.17) is 19.7 Å². The van der Waals surface area contributed by atoms with Crippen molar-refractivity contribution in [3.63, 3.8) is 0 Å². The molecule has 0 aliphatic heterocycles. The van der Waals surface area contributed by atoms with Crippen molar-refractivity contribution in [1.82, 2.24) is 5.32 Å². The number of carboxylic acid groups (broad SMARTS) is 2. The molecule has 1 unspecified atom stereocenters. The van der Waals surface area contributed by atoms with Crippen LogP contribution in [0.1, 0.15) is 19.4 Å². The second-order valence-corrected chi connectivity index (χ2v) is 5.92. The Kier molecular flexibility index (Phi) is 13.4. The summed E-state index contributed by atoms with van der Waals surface area (Å²) in [4.78, 5) is 19.1. The average Bonchev–Trinajstić information content (AvgIpc) is 2.62. The van der Waals surface area contributed by atoms with Crippen LogP contribution >= 0.6 is 0 Å². The maximum Gasteiger partial charge on any atom is 0.328 e. The van der Waals surface area contributed by atoms with Crippen LogP contribution in [0.4, 0.5) is 0 Å². The Morgan fingerprint density at radius 1 is 1.11 bits per heavy atom. The minimum Gasteiger partial charge on any atom is -0.491 e. The van der Waals surface area contributed by atoms with Gasteiger partial charge in [0.1, 0.15) is 18.5 Å². The molecule has 0 saturated heterocycles. The minimum absolute atomic E-state index is 0.303. The first-order valence-electron chi connectivity index (χ1n) is 8.50. The van der Waals surface area contributed by atoms with Crippen LogP contribution < -0.4 is 10.1 Å². The molecule has 1 aromatic carbocycles. The normalized spacial score (nSPS) is 11.7. The van der Waals surface area contributed by atoms with Gasteiger partial charge in [0.2, 0.25) is 0 Å². The Bertz CT molecular complexity index is 554. The van der Waals surface area contributed by atoms with Crippen LogP contribution in [0, 0.1) is 0 Å². The summed E-state index contributed by atoms with van der Waals surface area (Å²) in [5.74, 6) is -1.73. The quantitative estimate of drug-likeness (QED) is 0.422. The van der Waals surface area contributed by atoms with Crippen LogP contribution in [0.5, 0.6) is 5.75 Å². The molecule has 4 N–H and O–H groups in total. The molecule has 1 aromatic rings. The maximum atomic E-state index is 9.73. The zero-order valence-electron chi connectivity index (χ0n) is 15.9. The first kappa shape index (κ1) is 24.6. The van der Waals surface area contributed by atoms with Crippen molar-refractivity contribution in [2.24, 2.45) is 0 Å². The lowest BCUT2D eigenvalue weighted by atomic mass is 10.1. The largest absolute Gasteiger partial charge is 0.491 e. The molecule has 8 heteroatoms. The minimum atomic E-state index is -1.26. The number of nitrogens with one attached hydrogen (secondary N) is 1. The molecule has 0 aliphatic carbocycles. The van der Waals surface area contributed by atoms with Crippen LogP contribution in [0.15, 0.2) is 36.4 Å². The van der Waals surface area contributed by atoms with Gasteiger partial charge in [-0.1, -0.05) is 26.0 Å². The van der Waals surface area contributed by atoms with Crippen LogP contribution in [-0.4, -0.2) is 66.3 Å². The molecular formula is C19H29NO7. The third-order valence-corrected chi connectivity index (χ3v) is 3.09. The average molecular weight is 383 g/mol. The fraction of sp³-hybridized carbons (Fsp3) is 0.474. The van der Waals surface area contributed by atoms with E-state index in [0.717, 1.165) is 18.8 Å². The smallest absolute Gasteiger partial charge is 0.328 e. The van der Waals surface area contributed by atoms with Crippen molar-refractivity contribution in [1.29, 1.82) is 0 Å². The number of aliphatic hydroxyl groups is 1. The third-order valence-electron chi connectivity index (χ3n) is 3.09. The number of aliphatic carboxylic acids is 2. The van der Waals surface area contributed by atoms with E-state index < -0.39 is 18.0 Å². The van der Waals surface area contributed by atoms with Gasteiger partial charge < -0.3 is 30.1 Å². The summed E-state index contributed by atoms with van der Waals surface area (Å²) in [5.41, 5.74) is 1.22. The van der Waals surface area contributed by atoms with Crippen LogP contribution in [0.25, 0.3) is 0 Å². The topological polar surface area (TPSA) is 125 Å². The number of hydrogen-bond acceptors (Lipinski definition) is 6. The molecule has 27 heavy (non-hydrogen) atoms. The summed E-state index contributed by atoms with van der Waals surface area (Å²) in [5, 5.41) is 28.5. The first-order chi connectivity index (χ1) is 12.7. The number of carboxylic acids is 2. The van der Waals surface area contributed by atoms with Gasteiger partial charge in [-0.2, -0.15) is 0 Å². The van der Waals surface area contributed by atoms with E-state index >= 15 is 0 Å². The lowest BCUT2D eigenvalue weighted by Gasteiger charge is -2.15. The molecule has 0 aromatic heterocycles. The van der Waals surface area contributed by atoms with Gasteiger partial charge in [-0.3, -0.25) is 0 Å². The van der Waals surface area contributed by atoms with Gasteiger partial charge >= 0.3 is 11.9 Å². The van der Waals surface area contributed by atoms with Gasteiger partial charge in [0.05, 0.1) is 6.61 Å². The van der Waals surface area contributed by atoms with E-state index in [9.17, 15) is 14.7 Å². The van der Waals surface area contributed by atoms with Crippen molar-refractivity contribution in [2.75, 3.05) is 26.9 Å². The van der Waals surface area contributed by atoms with Crippen LogP contribution in [0.3, 0.4) is 0 Å². The molecule has 0 heterocycles. The monoisotopic (exact) mass is 383 g/mol. The fourth-order valence-electron chi connectivity index (χ4n) is 1.74. The molecule has 0 saturated carbocycles. The summed E-state index contributed by atoms with van der Waals surface area (Å²) in [6.07, 6.45) is 1.53. The highest BCUT2D eigenvalue weighted by molar-refractivity contribution is 5.89. The molecule has 1 atom stereocenters. The third kappa shape index (κ3) is 15.5. The van der Waals surface area contributed by atoms with Gasteiger partial charge in [-0.25, -0.2) is 9.59 Å². The molecule has 0 aliphatic rings. The molecule has 0 fully saturated rings. The summed E-state index contributed by atoms with van der Waals surface area (Å²) in [7, 11) is 1.70. The molecule has 8 nitrogen and oxygen atoms in total. The predicted molar refractivity (Wildman–Crippen MR) is 101 cm³/mol. The van der Waals surface area contributed by atoms with Gasteiger partial charge in [0.25, 0.3) is 0 Å². The zero-order valence-corrected chi connectivity index (χ0v) is 15.9. The Balaban J connectivity index is 0.000000713. The molecule has 0 radical (unpaired) electrons. The number of carbonyl (C=O) groups is 2. The van der Waals surface area contributed by atoms with Crippen molar-refractivity contribution in [3.8, 4) is 5.75 Å². The predicted octanol–water partition coefficient (Wildman–Crippen LogP) is 1.32. The number of benzene rings is 1. The van der Waals surface area contributed by atoms with Gasteiger partial charge in [-0.05, 0) is 24.1 Å². The summed E-state index contributed by atoms with van der Waals surface area (Å²) in [6.45, 7) is 5.67. The Hall–Kier alpha value is -2.42. The highest BCUT2D eigenvalue weighted by Crippen LogP contribution is 2.12. The van der Waals surface area contributed by atoms with Crippen LogP contribution in [0.2, 0.25) is 0 Å². The fourth-order valence-corrected chi connectivity index (χ4v) is 1.74. The summed E-state index contributed by atoms with van der Waals surface area (Å²) >= 11 is 0. The first-order valence-corrected chi connectivity index (χ1v) is 8.50. The zero-order chi connectivity index (χ0) is 20.7. The highest BCUT2D eigenvalue weighted by Gasteiger charge is 2.06. The second-order valence-electron chi connectivity index (χ2n) is 5.92. The molecule has 152 valence electrons.